The molecule has 0 unspecified atom stereocenters. The highest BCUT2D eigenvalue weighted by atomic mass is 35.5. The predicted molar refractivity (Wildman–Crippen MR) is 97.6 cm³/mol. The van der Waals surface area contributed by atoms with E-state index in [0.29, 0.717) is 26.9 Å². The Morgan fingerprint density at radius 1 is 1.08 bits per heavy atom. The van der Waals surface area contributed by atoms with Gasteiger partial charge < -0.3 is 9.40 Å². The van der Waals surface area contributed by atoms with Crippen LogP contribution < -0.4 is 0 Å². The number of aromatic nitrogens is 3. The Labute approximate surface area is 152 Å². The zero-order chi connectivity index (χ0) is 16.5. The molecule has 0 radical (unpaired) electrons. The van der Waals surface area contributed by atoms with E-state index in [9.17, 15) is 0 Å². The van der Waals surface area contributed by atoms with Crippen LogP contribution in [-0.4, -0.2) is 15.2 Å². The maximum Gasteiger partial charge on any atom is 0.277 e. The fourth-order valence-corrected chi connectivity index (χ4v) is 3.73. The van der Waals surface area contributed by atoms with Gasteiger partial charge in [0.2, 0.25) is 0 Å². The van der Waals surface area contributed by atoms with Crippen molar-refractivity contribution in [3.63, 3.8) is 0 Å². The maximum atomic E-state index is 6.18. The Kier molecular flexibility index (Phi) is 4.22. The Hall–Kier alpha value is -1.95. The summed E-state index contributed by atoms with van der Waals surface area (Å²) in [6, 6.07) is 13.4. The summed E-state index contributed by atoms with van der Waals surface area (Å²) < 4.78 is 5.77. The van der Waals surface area contributed by atoms with Crippen LogP contribution in [0.15, 0.2) is 58.3 Å². The van der Waals surface area contributed by atoms with Gasteiger partial charge in [0, 0.05) is 32.9 Å². The topological polar surface area (TPSA) is 54.7 Å². The summed E-state index contributed by atoms with van der Waals surface area (Å²) in [4.78, 5) is 3.20. The third-order valence-corrected chi connectivity index (χ3v) is 5.05. The van der Waals surface area contributed by atoms with Gasteiger partial charge in [0.25, 0.3) is 11.1 Å². The van der Waals surface area contributed by atoms with Crippen LogP contribution >= 0.6 is 35.0 Å². The van der Waals surface area contributed by atoms with E-state index in [2.05, 4.69) is 15.2 Å². The zero-order valence-corrected chi connectivity index (χ0v) is 14.6. The molecule has 2 aromatic heterocycles. The molecule has 2 heterocycles. The van der Waals surface area contributed by atoms with Crippen LogP contribution in [0, 0.1) is 0 Å². The predicted octanol–water partition coefficient (Wildman–Crippen LogP) is 5.82. The van der Waals surface area contributed by atoms with Crippen molar-refractivity contribution in [3.05, 3.63) is 64.3 Å². The fraction of sp³-hybridized carbons (Fsp3) is 0.0588. The van der Waals surface area contributed by atoms with Crippen LogP contribution in [0.3, 0.4) is 0 Å². The Morgan fingerprint density at radius 2 is 1.96 bits per heavy atom. The molecular weight excluding hydrogens is 365 g/mol. The van der Waals surface area contributed by atoms with E-state index in [1.807, 2.05) is 42.6 Å². The van der Waals surface area contributed by atoms with Crippen molar-refractivity contribution in [1.29, 1.82) is 0 Å². The van der Waals surface area contributed by atoms with Gasteiger partial charge in [-0.15, -0.1) is 10.2 Å². The molecule has 7 heteroatoms. The van der Waals surface area contributed by atoms with Crippen LogP contribution in [0.1, 0.15) is 5.56 Å². The lowest BCUT2D eigenvalue weighted by Gasteiger charge is -2.02. The molecule has 0 fully saturated rings. The van der Waals surface area contributed by atoms with Gasteiger partial charge in [-0.1, -0.05) is 59.2 Å². The van der Waals surface area contributed by atoms with Gasteiger partial charge in [-0.05, 0) is 23.8 Å². The van der Waals surface area contributed by atoms with Crippen molar-refractivity contribution in [2.45, 2.75) is 11.0 Å². The molecule has 4 aromatic rings. The second kappa shape index (κ2) is 6.51. The van der Waals surface area contributed by atoms with Crippen molar-refractivity contribution in [3.8, 4) is 11.5 Å². The van der Waals surface area contributed by atoms with Crippen LogP contribution in [0.2, 0.25) is 10.0 Å². The average Bonchev–Trinajstić information content (AvgIpc) is 3.20. The number of nitrogens with zero attached hydrogens (tertiary/aromatic N) is 2. The first-order valence-corrected chi connectivity index (χ1v) is 8.91. The number of nitrogens with one attached hydrogen (secondary N) is 1. The first kappa shape index (κ1) is 15.6. The van der Waals surface area contributed by atoms with Gasteiger partial charge in [-0.3, -0.25) is 0 Å². The van der Waals surface area contributed by atoms with E-state index in [4.69, 9.17) is 27.6 Å². The summed E-state index contributed by atoms with van der Waals surface area (Å²) in [5.41, 5.74) is 2.90. The summed E-state index contributed by atoms with van der Waals surface area (Å²) in [5, 5.41) is 11.1. The highest BCUT2D eigenvalue weighted by molar-refractivity contribution is 7.98. The summed E-state index contributed by atoms with van der Waals surface area (Å²) in [7, 11) is 0. The molecule has 4 rings (SSSR count). The molecule has 0 aliphatic heterocycles. The molecule has 2 aromatic carbocycles. The van der Waals surface area contributed by atoms with Crippen molar-refractivity contribution >= 4 is 45.9 Å². The van der Waals surface area contributed by atoms with Gasteiger partial charge in [0.15, 0.2) is 0 Å². The van der Waals surface area contributed by atoms with Gasteiger partial charge in [0.05, 0.1) is 5.56 Å². The van der Waals surface area contributed by atoms with E-state index in [1.54, 1.807) is 6.07 Å². The summed E-state index contributed by atoms with van der Waals surface area (Å²) >= 11 is 13.5. The lowest BCUT2D eigenvalue weighted by Crippen LogP contribution is -1.82. The number of rotatable bonds is 4. The van der Waals surface area contributed by atoms with E-state index in [0.717, 1.165) is 22.0 Å². The molecule has 0 aliphatic rings. The number of thioether (sulfide) groups is 1. The van der Waals surface area contributed by atoms with Crippen molar-refractivity contribution in [2.24, 2.45) is 0 Å². The number of H-pyrrole nitrogens is 1. The second-order valence-electron chi connectivity index (χ2n) is 5.15. The summed E-state index contributed by atoms with van der Waals surface area (Å²) in [6.45, 7) is 0. The van der Waals surface area contributed by atoms with Crippen molar-refractivity contribution < 1.29 is 4.42 Å². The molecule has 4 nitrogen and oxygen atoms in total. The monoisotopic (exact) mass is 375 g/mol. The number of hydrogen-bond acceptors (Lipinski definition) is 4. The zero-order valence-electron chi connectivity index (χ0n) is 12.3. The van der Waals surface area contributed by atoms with Gasteiger partial charge in [-0.2, -0.15) is 0 Å². The second-order valence-corrected chi connectivity index (χ2v) is 6.92. The van der Waals surface area contributed by atoms with E-state index >= 15 is 0 Å². The van der Waals surface area contributed by atoms with Gasteiger partial charge in [-0.25, -0.2) is 0 Å². The molecule has 0 spiro atoms. The first-order valence-electron chi connectivity index (χ1n) is 7.17. The molecule has 0 saturated carbocycles. The van der Waals surface area contributed by atoms with Crippen LogP contribution in [0.4, 0.5) is 0 Å². The molecule has 0 aliphatic carbocycles. The fourth-order valence-electron chi connectivity index (χ4n) is 2.40. The Bertz CT molecular complexity index is 1010. The lowest BCUT2D eigenvalue weighted by molar-refractivity contribution is 0.466. The summed E-state index contributed by atoms with van der Waals surface area (Å²) in [6.07, 6.45) is 1.88. The third kappa shape index (κ3) is 3.02. The smallest absolute Gasteiger partial charge is 0.277 e. The third-order valence-electron chi connectivity index (χ3n) is 3.59. The molecular formula is C17H11Cl2N3OS. The molecule has 0 atom stereocenters. The van der Waals surface area contributed by atoms with Crippen LogP contribution in [-0.2, 0) is 5.75 Å². The normalized spacial score (nSPS) is 11.2. The minimum atomic E-state index is 0.497. The maximum absolute atomic E-state index is 6.18. The average molecular weight is 376 g/mol. The van der Waals surface area contributed by atoms with Gasteiger partial charge in [0.1, 0.15) is 0 Å². The highest BCUT2D eigenvalue weighted by Gasteiger charge is 2.14. The minimum Gasteiger partial charge on any atom is -0.411 e. The number of fused-ring (bicyclic) bond motifs is 1. The largest absolute Gasteiger partial charge is 0.411 e. The van der Waals surface area contributed by atoms with Crippen molar-refractivity contribution in [1.82, 2.24) is 15.2 Å². The van der Waals surface area contributed by atoms with Gasteiger partial charge >= 0.3 is 0 Å². The Morgan fingerprint density at radius 3 is 2.83 bits per heavy atom. The minimum absolute atomic E-state index is 0.497. The molecule has 1 N–H and O–H groups in total. The lowest BCUT2D eigenvalue weighted by atomic mass is 10.2. The van der Waals surface area contributed by atoms with Crippen LogP contribution in [0.25, 0.3) is 22.4 Å². The standard InChI is InChI=1S/C17H11Cl2N3OS/c18-11-6-5-10(14(19)7-11)9-24-17-22-21-16(23-17)13-8-20-15-4-2-1-3-12(13)15/h1-8,20H,9H2. The molecule has 0 amide bonds. The van der Waals surface area contributed by atoms with Crippen LogP contribution in [0.5, 0.6) is 0 Å². The summed E-state index contributed by atoms with van der Waals surface area (Å²) in [5.74, 6) is 1.13. The first-order chi connectivity index (χ1) is 11.7. The van der Waals surface area contributed by atoms with E-state index in [1.165, 1.54) is 11.8 Å². The molecule has 0 saturated heterocycles. The van der Waals surface area contributed by atoms with E-state index in [-0.39, 0.29) is 0 Å². The number of aromatic amines is 1. The highest BCUT2D eigenvalue weighted by Crippen LogP contribution is 2.32. The molecule has 24 heavy (non-hydrogen) atoms. The number of halogens is 2. The van der Waals surface area contributed by atoms with Crippen molar-refractivity contribution in [2.75, 3.05) is 0 Å². The molecule has 120 valence electrons. The number of benzene rings is 2. The quantitative estimate of drug-likeness (QED) is 0.456. The molecule has 0 bridgehead atoms. The van der Waals surface area contributed by atoms with E-state index < -0.39 is 0 Å². The number of para-hydroxylation sites is 1. The number of hydrogen-bond donors (Lipinski definition) is 1. The SMILES string of the molecule is Clc1ccc(CSc2nnc(-c3c[nH]c4ccccc34)o2)c(Cl)c1. The Balaban J connectivity index is 1.55.